The topological polar surface area (TPSA) is 58.4 Å². The highest BCUT2D eigenvalue weighted by molar-refractivity contribution is 5.86. The Morgan fingerprint density at radius 1 is 1.17 bits per heavy atom. The van der Waals surface area contributed by atoms with Crippen LogP contribution in [0.1, 0.15) is 31.4 Å². The third-order valence-electron chi connectivity index (χ3n) is 5.61. The van der Waals surface area contributed by atoms with Crippen LogP contribution in [-0.4, -0.2) is 42.1 Å². The summed E-state index contributed by atoms with van der Waals surface area (Å²) in [4.78, 5) is 14.6. The van der Waals surface area contributed by atoms with Crippen LogP contribution < -0.4 is 5.32 Å². The van der Waals surface area contributed by atoms with E-state index in [1.165, 1.54) is 12.8 Å². The third-order valence-corrected chi connectivity index (χ3v) is 5.61. The fourth-order valence-electron chi connectivity index (χ4n) is 4.01. The van der Waals surface area contributed by atoms with Gasteiger partial charge in [0, 0.05) is 18.5 Å². The Hall–Kier alpha value is -1.88. The van der Waals surface area contributed by atoms with Crippen molar-refractivity contribution in [1.82, 2.24) is 15.4 Å². The van der Waals surface area contributed by atoms with Gasteiger partial charge >= 0.3 is 0 Å². The highest BCUT2D eigenvalue weighted by atomic mass is 16.5. The fraction of sp³-hybridized carbons (Fsp3) is 0.556. The van der Waals surface area contributed by atoms with Crippen molar-refractivity contribution in [1.29, 1.82) is 0 Å². The van der Waals surface area contributed by atoms with Crippen LogP contribution in [0.4, 0.5) is 0 Å². The molecule has 2 saturated heterocycles. The molecule has 0 unspecified atom stereocenters. The van der Waals surface area contributed by atoms with Gasteiger partial charge in [-0.25, -0.2) is 0 Å². The predicted octanol–water partition coefficient (Wildman–Crippen LogP) is 2.36. The number of fused-ring (bicyclic) bond motifs is 1. The molecule has 23 heavy (non-hydrogen) atoms. The first-order valence-corrected chi connectivity index (χ1v) is 8.58. The zero-order valence-corrected chi connectivity index (χ0v) is 13.4. The van der Waals surface area contributed by atoms with Crippen LogP contribution in [0.25, 0.3) is 11.0 Å². The molecule has 5 heteroatoms. The molecule has 5 nitrogen and oxygen atoms in total. The van der Waals surface area contributed by atoms with Gasteiger partial charge < -0.3 is 14.7 Å². The number of amides is 1. The Kier molecular flexibility index (Phi) is 3.81. The molecule has 2 aliphatic heterocycles. The summed E-state index contributed by atoms with van der Waals surface area (Å²) < 4.78 is 5.30. The number of nitrogens with one attached hydrogen (secondary N) is 1. The maximum Gasteiger partial charge on any atom is 0.228 e. The van der Waals surface area contributed by atoms with Crippen LogP contribution in [0.2, 0.25) is 0 Å². The summed E-state index contributed by atoms with van der Waals surface area (Å²) >= 11 is 0. The van der Waals surface area contributed by atoms with E-state index in [-0.39, 0.29) is 5.91 Å². The normalized spacial score (nSPS) is 21.0. The molecule has 2 fully saturated rings. The molecule has 1 aromatic carbocycles. The summed E-state index contributed by atoms with van der Waals surface area (Å²) in [6, 6.07) is 7.73. The number of likely N-dealkylation sites (tertiary alicyclic amines) is 1. The van der Waals surface area contributed by atoms with Crippen molar-refractivity contribution in [2.24, 2.45) is 5.41 Å². The number of rotatable bonds is 2. The molecule has 0 atom stereocenters. The minimum atomic E-state index is 0.174. The second-order valence-electron chi connectivity index (χ2n) is 6.93. The molecular formula is C18H23N3O2. The van der Waals surface area contributed by atoms with Crippen molar-refractivity contribution >= 4 is 16.9 Å². The zero-order valence-electron chi connectivity index (χ0n) is 13.4. The van der Waals surface area contributed by atoms with E-state index in [2.05, 4.69) is 10.5 Å². The van der Waals surface area contributed by atoms with Crippen LogP contribution in [0.15, 0.2) is 28.8 Å². The Morgan fingerprint density at radius 3 is 2.70 bits per heavy atom. The van der Waals surface area contributed by atoms with Crippen molar-refractivity contribution in [2.45, 2.75) is 32.1 Å². The Labute approximate surface area is 136 Å². The van der Waals surface area contributed by atoms with E-state index < -0.39 is 0 Å². The van der Waals surface area contributed by atoms with Gasteiger partial charge in [0.1, 0.15) is 5.69 Å². The molecule has 0 saturated carbocycles. The van der Waals surface area contributed by atoms with Crippen molar-refractivity contribution in [2.75, 3.05) is 26.2 Å². The second-order valence-corrected chi connectivity index (χ2v) is 6.93. The van der Waals surface area contributed by atoms with Gasteiger partial charge in [0.2, 0.25) is 5.91 Å². The Morgan fingerprint density at radius 2 is 1.91 bits per heavy atom. The summed E-state index contributed by atoms with van der Waals surface area (Å²) in [5.74, 6) is 0.174. The van der Waals surface area contributed by atoms with Gasteiger partial charge in [0.25, 0.3) is 0 Å². The number of piperidine rings is 2. The summed E-state index contributed by atoms with van der Waals surface area (Å²) in [6.07, 6.45) is 5.12. The average molecular weight is 313 g/mol. The molecule has 2 aliphatic rings. The Balaban J connectivity index is 1.40. The van der Waals surface area contributed by atoms with Gasteiger partial charge in [-0.1, -0.05) is 17.3 Å². The molecule has 122 valence electrons. The van der Waals surface area contributed by atoms with E-state index in [1.54, 1.807) is 0 Å². The number of aromatic nitrogens is 1. The lowest BCUT2D eigenvalue weighted by molar-refractivity contribution is -0.133. The maximum atomic E-state index is 12.6. The van der Waals surface area contributed by atoms with E-state index in [9.17, 15) is 4.79 Å². The van der Waals surface area contributed by atoms with Gasteiger partial charge in [-0.2, -0.15) is 0 Å². The third kappa shape index (κ3) is 2.85. The number of carbonyl (C=O) groups excluding carboxylic acids is 1. The van der Waals surface area contributed by atoms with Gasteiger partial charge in [-0.3, -0.25) is 4.79 Å². The van der Waals surface area contributed by atoms with Crippen molar-refractivity contribution in [3.05, 3.63) is 30.0 Å². The summed E-state index contributed by atoms with van der Waals surface area (Å²) in [7, 11) is 0. The van der Waals surface area contributed by atoms with Crippen LogP contribution >= 0.6 is 0 Å². The van der Waals surface area contributed by atoms with Crippen LogP contribution in [0.3, 0.4) is 0 Å². The lowest BCUT2D eigenvalue weighted by atomic mass is 9.71. The minimum absolute atomic E-state index is 0.174. The summed E-state index contributed by atoms with van der Waals surface area (Å²) in [5.41, 5.74) is 1.98. The molecule has 4 rings (SSSR count). The van der Waals surface area contributed by atoms with Gasteiger partial charge in [-0.15, -0.1) is 0 Å². The number of hydrogen-bond acceptors (Lipinski definition) is 4. The van der Waals surface area contributed by atoms with E-state index >= 15 is 0 Å². The SMILES string of the molecule is O=C(Cc1noc2ccccc12)N1CCC2(CCNCC2)CC1. The van der Waals surface area contributed by atoms with Crippen molar-refractivity contribution in [3.63, 3.8) is 0 Å². The Bertz CT molecular complexity index is 693. The largest absolute Gasteiger partial charge is 0.356 e. The second kappa shape index (κ2) is 5.96. The van der Waals surface area contributed by atoms with Gasteiger partial charge in [-0.05, 0) is 56.3 Å². The van der Waals surface area contributed by atoms with E-state index in [4.69, 9.17) is 4.52 Å². The van der Waals surface area contributed by atoms with E-state index in [1.807, 2.05) is 29.2 Å². The monoisotopic (exact) mass is 313 g/mol. The van der Waals surface area contributed by atoms with E-state index in [0.717, 1.165) is 55.7 Å². The molecule has 1 spiro atoms. The number of hydrogen-bond donors (Lipinski definition) is 1. The quantitative estimate of drug-likeness (QED) is 0.925. The number of para-hydroxylation sites is 1. The standard InChI is InChI=1S/C18H23N3O2/c22-17(13-15-14-3-1-2-4-16(14)23-20-15)21-11-7-18(8-12-21)5-9-19-10-6-18/h1-4,19H,5-13H2. The van der Waals surface area contributed by atoms with Crippen molar-refractivity contribution in [3.8, 4) is 0 Å². The van der Waals surface area contributed by atoms with Crippen molar-refractivity contribution < 1.29 is 9.32 Å². The first-order chi connectivity index (χ1) is 11.3. The molecule has 3 heterocycles. The molecule has 1 aromatic heterocycles. The van der Waals surface area contributed by atoms with Gasteiger partial charge in [0.15, 0.2) is 5.58 Å². The molecule has 0 bridgehead atoms. The maximum absolute atomic E-state index is 12.6. The summed E-state index contributed by atoms with van der Waals surface area (Å²) in [5, 5.41) is 8.47. The highest BCUT2D eigenvalue weighted by Crippen LogP contribution is 2.39. The molecule has 2 aromatic rings. The minimum Gasteiger partial charge on any atom is -0.356 e. The van der Waals surface area contributed by atoms with Crippen LogP contribution in [0.5, 0.6) is 0 Å². The summed E-state index contributed by atoms with van der Waals surface area (Å²) in [6.45, 7) is 4.01. The van der Waals surface area contributed by atoms with Crippen LogP contribution in [-0.2, 0) is 11.2 Å². The first kappa shape index (κ1) is 14.7. The number of carbonyl (C=O) groups is 1. The molecule has 1 N–H and O–H groups in total. The van der Waals surface area contributed by atoms with E-state index in [0.29, 0.717) is 11.8 Å². The highest BCUT2D eigenvalue weighted by Gasteiger charge is 2.36. The zero-order chi connectivity index (χ0) is 15.7. The average Bonchev–Trinajstić information content (AvgIpc) is 2.99. The lowest BCUT2D eigenvalue weighted by Crippen LogP contribution is -2.47. The first-order valence-electron chi connectivity index (χ1n) is 8.58. The molecule has 0 radical (unpaired) electrons. The predicted molar refractivity (Wildman–Crippen MR) is 88.1 cm³/mol. The fourth-order valence-corrected chi connectivity index (χ4v) is 4.01. The number of nitrogens with zero attached hydrogens (tertiary/aromatic N) is 2. The molecule has 1 amide bonds. The van der Waals surface area contributed by atoms with Crippen LogP contribution in [0, 0.1) is 5.41 Å². The molecular weight excluding hydrogens is 290 g/mol. The number of benzene rings is 1. The lowest BCUT2D eigenvalue weighted by Gasteiger charge is -2.44. The smallest absolute Gasteiger partial charge is 0.228 e. The van der Waals surface area contributed by atoms with Gasteiger partial charge in [0.05, 0.1) is 6.42 Å². The molecule has 0 aliphatic carbocycles.